The monoisotopic (exact) mass is 181 g/mol. The highest BCUT2D eigenvalue weighted by Gasteiger charge is 2.12. The average Bonchev–Trinajstić information content (AvgIpc) is 2.15. The van der Waals surface area contributed by atoms with E-state index in [1.165, 1.54) is 0 Å². The predicted molar refractivity (Wildman–Crippen MR) is 48.9 cm³/mol. The summed E-state index contributed by atoms with van der Waals surface area (Å²) in [6, 6.07) is 9.45. The van der Waals surface area contributed by atoms with E-state index in [1.807, 2.05) is 30.3 Å². The van der Waals surface area contributed by atoms with Gasteiger partial charge in [-0.1, -0.05) is 30.3 Å². The average molecular weight is 181 g/mol. The number of carbonyl (C=O) groups excluding carboxylic acids is 1. The molecule has 0 fully saturated rings. The molecule has 0 radical (unpaired) electrons. The molecular weight excluding hydrogens is 169 g/mol. The summed E-state index contributed by atoms with van der Waals surface area (Å²) >= 11 is 0. The Morgan fingerprint density at radius 3 is 2.54 bits per heavy atom. The lowest BCUT2D eigenvalue weighted by Crippen LogP contribution is -2.24. The Morgan fingerprint density at radius 1 is 1.38 bits per heavy atom. The number of benzene rings is 1. The molecule has 0 aliphatic heterocycles. The number of carbonyl (C=O) groups is 1. The Hall–Kier alpha value is -1.38. The van der Waals surface area contributed by atoms with E-state index in [0.717, 1.165) is 5.56 Å². The zero-order valence-corrected chi connectivity index (χ0v) is 7.24. The van der Waals surface area contributed by atoms with E-state index in [4.69, 9.17) is 5.73 Å². The highest BCUT2D eigenvalue weighted by atomic mass is 19.1. The van der Waals surface area contributed by atoms with Crippen LogP contribution in [0.2, 0.25) is 0 Å². The third kappa shape index (κ3) is 3.23. The lowest BCUT2D eigenvalue weighted by atomic mass is 10.1. The van der Waals surface area contributed by atoms with Gasteiger partial charge in [-0.25, -0.2) is 4.39 Å². The first-order chi connectivity index (χ1) is 6.20. The summed E-state index contributed by atoms with van der Waals surface area (Å²) < 4.78 is 12.7. The van der Waals surface area contributed by atoms with Crippen molar-refractivity contribution in [2.45, 2.75) is 19.0 Å². The number of alkyl halides is 1. The minimum atomic E-state index is -1.53. The standard InChI is InChI=1S/C10H12FNO/c11-9(10(12)13)7-6-8-4-2-1-3-5-8/h1-5,9H,6-7H2,(H2,12,13). The van der Waals surface area contributed by atoms with E-state index in [0.29, 0.717) is 6.42 Å². The van der Waals surface area contributed by atoms with Crippen LogP contribution >= 0.6 is 0 Å². The van der Waals surface area contributed by atoms with Crippen LogP contribution in [0.3, 0.4) is 0 Å². The highest BCUT2D eigenvalue weighted by molar-refractivity contribution is 5.78. The predicted octanol–water partition coefficient (Wildman–Crippen LogP) is 1.44. The number of primary amides is 1. The molecule has 0 aromatic heterocycles. The van der Waals surface area contributed by atoms with E-state index < -0.39 is 12.1 Å². The number of nitrogens with two attached hydrogens (primary N) is 1. The lowest BCUT2D eigenvalue weighted by molar-refractivity contribution is -0.122. The second kappa shape index (κ2) is 4.60. The Bertz CT molecular complexity index is 274. The summed E-state index contributed by atoms with van der Waals surface area (Å²) in [6.45, 7) is 0. The van der Waals surface area contributed by atoms with Crippen LogP contribution in [0.1, 0.15) is 12.0 Å². The fraction of sp³-hybridized carbons (Fsp3) is 0.300. The van der Waals surface area contributed by atoms with Gasteiger partial charge in [0.2, 0.25) is 0 Å². The van der Waals surface area contributed by atoms with Crippen LogP contribution in [0.15, 0.2) is 30.3 Å². The molecule has 1 atom stereocenters. The minimum absolute atomic E-state index is 0.166. The van der Waals surface area contributed by atoms with Gasteiger partial charge in [-0.3, -0.25) is 4.79 Å². The van der Waals surface area contributed by atoms with Crippen molar-refractivity contribution in [3.05, 3.63) is 35.9 Å². The molecule has 70 valence electrons. The van der Waals surface area contributed by atoms with Gasteiger partial charge in [0.25, 0.3) is 5.91 Å². The summed E-state index contributed by atoms with van der Waals surface area (Å²) in [6.07, 6.45) is -0.815. The first-order valence-electron chi connectivity index (χ1n) is 4.17. The van der Waals surface area contributed by atoms with Crippen molar-refractivity contribution >= 4 is 5.91 Å². The van der Waals surface area contributed by atoms with Crippen molar-refractivity contribution in [2.75, 3.05) is 0 Å². The van der Waals surface area contributed by atoms with Crippen molar-refractivity contribution in [3.63, 3.8) is 0 Å². The molecule has 2 nitrogen and oxygen atoms in total. The van der Waals surface area contributed by atoms with Crippen LogP contribution in [0.25, 0.3) is 0 Å². The quantitative estimate of drug-likeness (QED) is 0.750. The maximum atomic E-state index is 12.7. The fourth-order valence-electron chi connectivity index (χ4n) is 1.08. The van der Waals surface area contributed by atoms with Crippen molar-refractivity contribution in [1.29, 1.82) is 0 Å². The first-order valence-corrected chi connectivity index (χ1v) is 4.17. The summed E-state index contributed by atoms with van der Waals surface area (Å²) in [5.41, 5.74) is 5.81. The molecule has 0 heterocycles. The van der Waals surface area contributed by atoms with Gasteiger partial charge in [0.05, 0.1) is 0 Å². The molecule has 3 heteroatoms. The van der Waals surface area contributed by atoms with Crippen molar-refractivity contribution in [1.82, 2.24) is 0 Å². The summed E-state index contributed by atoms with van der Waals surface area (Å²) in [5.74, 6) is -0.879. The van der Waals surface area contributed by atoms with E-state index in [1.54, 1.807) is 0 Å². The number of rotatable bonds is 4. The van der Waals surface area contributed by atoms with Crippen LogP contribution in [-0.4, -0.2) is 12.1 Å². The van der Waals surface area contributed by atoms with Crippen molar-refractivity contribution < 1.29 is 9.18 Å². The zero-order valence-electron chi connectivity index (χ0n) is 7.24. The van der Waals surface area contributed by atoms with E-state index in [-0.39, 0.29) is 6.42 Å². The van der Waals surface area contributed by atoms with Crippen LogP contribution in [-0.2, 0) is 11.2 Å². The second-order valence-electron chi connectivity index (χ2n) is 2.89. The second-order valence-corrected chi connectivity index (χ2v) is 2.89. The number of aryl methyl sites for hydroxylation is 1. The Labute approximate surface area is 76.6 Å². The number of amides is 1. The van der Waals surface area contributed by atoms with Gasteiger partial charge in [0.1, 0.15) is 0 Å². The largest absolute Gasteiger partial charge is 0.367 e. The van der Waals surface area contributed by atoms with Gasteiger partial charge in [0.15, 0.2) is 6.17 Å². The van der Waals surface area contributed by atoms with Crippen LogP contribution < -0.4 is 5.73 Å². The molecule has 0 aliphatic carbocycles. The van der Waals surface area contributed by atoms with Crippen LogP contribution in [0, 0.1) is 0 Å². The Kier molecular flexibility index (Phi) is 3.43. The molecule has 1 aromatic rings. The van der Waals surface area contributed by atoms with Crippen LogP contribution in [0.5, 0.6) is 0 Å². The number of hydrogen-bond donors (Lipinski definition) is 1. The molecule has 2 N–H and O–H groups in total. The number of hydrogen-bond acceptors (Lipinski definition) is 1. The van der Waals surface area contributed by atoms with E-state index in [9.17, 15) is 9.18 Å². The third-order valence-corrected chi connectivity index (χ3v) is 1.84. The molecule has 0 saturated carbocycles. The fourth-order valence-corrected chi connectivity index (χ4v) is 1.08. The zero-order chi connectivity index (χ0) is 9.68. The van der Waals surface area contributed by atoms with Crippen molar-refractivity contribution in [3.8, 4) is 0 Å². The molecule has 0 saturated heterocycles. The van der Waals surface area contributed by atoms with Gasteiger partial charge in [-0.2, -0.15) is 0 Å². The SMILES string of the molecule is NC(=O)C(F)CCc1ccccc1. The molecule has 1 unspecified atom stereocenters. The summed E-state index contributed by atoms with van der Waals surface area (Å²) in [4.78, 5) is 10.4. The van der Waals surface area contributed by atoms with E-state index in [2.05, 4.69) is 0 Å². The Morgan fingerprint density at radius 2 is 2.00 bits per heavy atom. The van der Waals surface area contributed by atoms with Gasteiger partial charge < -0.3 is 5.73 Å². The van der Waals surface area contributed by atoms with Gasteiger partial charge in [-0.05, 0) is 18.4 Å². The van der Waals surface area contributed by atoms with E-state index >= 15 is 0 Å². The third-order valence-electron chi connectivity index (χ3n) is 1.84. The summed E-state index contributed by atoms with van der Waals surface area (Å²) in [5, 5.41) is 0. The molecule has 0 spiro atoms. The smallest absolute Gasteiger partial charge is 0.251 e. The molecule has 1 amide bonds. The molecule has 13 heavy (non-hydrogen) atoms. The normalized spacial score (nSPS) is 12.4. The minimum Gasteiger partial charge on any atom is -0.367 e. The first kappa shape index (κ1) is 9.71. The number of halogens is 1. The lowest BCUT2D eigenvalue weighted by Gasteiger charge is -2.03. The van der Waals surface area contributed by atoms with Gasteiger partial charge >= 0.3 is 0 Å². The van der Waals surface area contributed by atoms with Crippen LogP contribution in [0.4, 0.5) is 4.39 Å². The summed E-state index contributed by atoms with van der Waals surface area (Å²) in [7, 11) is 0. The maximum absolute atomic E-state index is 12.7. The van der Waals surface area contributed by atoms with Gasteiger partial charge in [0, 0.05) is 0 Å². The van der Waals surface area contributed by atoms with Gasteiger partial charge in [-0.15, -0.1) is 0 Å². The maximum Gasteiger partial charge on any atom is 0.251 e. The molecule has 1 aromatic carbocycles. The molecular formula is C10H12FNO. The highest BCUT2D eigenvalue weighted by Crippen LogP contribution is 2.06. The molecule has 1 rings (SSSR count). The molecule has 0 bridgehead atoms. The topological polar surface area (TPSA) is 43.1 Å². The molecule has 0 aliphatic rings. The Balaban J connectivity index is 2.39. The van der Waals surface area contributed by atoms with Crippen molar-refractivity contribution in [2.24, 2.45) is 5.73 Å².